The highest BCUT2D eigenvalue weighted by molar-refractivity contribution is 5.51. The van der Waals surface area contributed by atoms with Crippen molar-refractivity contribution in [2.75, 3.05) is 5.73 Å². The van der Waals surface area contributed by atoms with Crippen LogP contribution in [0.1, 0.15) is 23.7 Å². The lowest BCUT2D eigenvalue weighted by atomic mass is 10.1. The third kappa shape index (κ3) is 2.45. The number of alkyl halides is 3. The molecule has 0 atom stereocenters. The Balaban J connectivity index is 2.58. The SMILES string of the molecule is CCc1cc(C#N)ccc1-n1nc(C(F)(F)F)cc1N. The first kappa shape index (κ1) is 13.9. The minimum Gasteiger partial charge on any atom is -0.384 e. The van der Waals surface area contributed by atoms with Gasteiger partial charge in [-0.15, -0.1) is 0 Å². The molecule has 2 N–H and O–H groups in total. The number of anilines is 1. The summed E-state index contributed by atoms with van der Waals surface area (Å²) < 4.78 is 38.9. The molecule has 0 spiro atoms. The van der Waals surface area contributed by atoms with Crippen molar-refractivity contribution in [3.05, 3.63) is 41.1 Å². The van der Waals surface area contributed by atoms with E-state index in [1.165, 1.54) is 6.07 Å². The summed E-state index contributed by atoms with van der Waals surface area (Å²) in [7, 11) is 0. The number of nitrogen functional groups attached to an aromatic ring is 1. The zero-order chi connectivity index (χ0) is 14.9. The average molecular weight is 280 g/mol. The summed E-state index contributed by atoms with van der Waals surface area (Å²) in [6.45, 7) is 1.84. The number of hydrogen-bond acceptors (Lipinski definition) is 3. The fraction of sp³-hybridized carbons (Fsp3) is 0.231. The molecular formula is C13H11F3N4. The quantitative estimate of drug-likeness (QED) is 0.919. The van der Waals surface area contributed by atoms with Crippen molar-refractivity contribution in [2.24, 2.45) is 0 Å². The largest absolute Gasteiger partial charge is 0.435 e. The number of hydrogen-bond donors (Lipinski definition) is 1. The summed E-state index contributed by atoms with van der Waals surface area (Å²) in [6.07, 6.45) is -4.00. The van der Waals surface area contributed by atoms with Crippen LogP contribution in [-0.4, -0.2) is 9.78 Å². The Morgan fingerprint density at radius 2 is 2.05 bits per heavy atom. The van der Waals surface area contributed by atoms with Crippen LogP contribution < -0.4 is 5.73 Å². The molecule has 0 saturated heterocycles. The highest BCUT2D eigenvalue weighted by Gasteiger charge is 2.35. The molecular weight excluding hydrogens is 269 g/mol. The molecule has 104 valence electrons. The van der Waals surface area contributed by atoms with Crippen LogP contribution in [-0.2, 0) is 12.6 Å². The van der Waals surface area contributed by atoms with Gasteiger partial charge in [-0.05, 0) is 30.2 Å². The van der Waals surface area contributed by atoms with Crippen LogP contribution in [0.3, 0.4) is 0 Å². The smallest absolute Gasteiger partial charge is 0.384 e. The molecule has 0 aliphatic heterocycles. The van der Waals surface area contributed by atoms with Crippen LogP contribution in [0, 0.1) is 11.3 Å². The van der Waals surface area contributed by atoms with Gasteiger partial charge in [0.05, 0.1) is 17.3 Å². The van der Waals surface area contributed by atoms with Crippen molar-refractivity contribution in [2.45, 2.75) is 19.5 Å². The Hall–Kier alpha value is -2.49. The predicted molar refractivity (Wildman–Crippen MR) is 67.1 cm³/mol. The zero-order valence-electron chi connectivity index (χ0n) is 10.6. The third-order valence-electron chi connectivity index (χ3n) is 2.85. The van der Waals surface area contributed by atoms with Crippen molar-refractivity contribution in [3.63, 3.8) is 0 Å². The van der Waals surface area contributed by atoms with Gasteiger partial charge in [0.2, 0.25) is 0 Å². The van der Waals surface area contributed by atoms with Gasteiger partial charge in [-0.3, -0.25) is 0 Å². The van der Waals surface area contributed by atoms with E-state index in [1.54, 1.807) is 12.1 Å². The van der Waals surface area contributed by atoms with Crippen LogP contribution in [0.4, 0.5) is 19.0 Å². The summed E-state index contributed by atoms with van der Waals surface area (Å²) >= 11 is 0. The highest BCUT2D eigenvalue weighted by atomic mass is 19.4. The van der Waals surface area contributed by atoms with Gasteiger partial charge in [0.1, 0.15) is 5.82 Å². The second-order valence-electron chi connectivity index (χ2n) is 4.17. The van der Waals surface area contributed by atoms with Crippen molar-refractivity contribution in [3.8, 4) is 11.8 Å². The van der Waals surface area contributed by atoms with Gasteiger partial charge in [0.25, 0.3) is 0 Å². The Labute approximate surface area is 113 Å². The summed E-state index contributed by atoms with van der Waals surface area (Å²) in [5.74, 6) is -0.100. The normalized spacial score (nSPS) is 11.3. The molecule has 2 rings (SSSR count). The number of benzene rings is 1. The van der Waals surface area contributed by atoms with E-state index in [9.17, 15) is 13.2 Å². The van der Waals surface area contributed by atoms with Crippen LogP contribution in [0.2, 0.25) is 0 Å². The lowest BCUT2D eigenvalue weighted by molar-refractivity contribution is -0.141. The molecule has 0 saturated carbocycles. The number of halogens is 3. The summed E-state index contributed by atoms with van der Waals surface area (Å²) in [6, 6.07) is 7.45. The second-order valence-corrected chi connectivity index (χ2v) is 4.17. The summed E-state index contributed by atoms with van der Waals surface area (Å²) in [5, 5.41) is 12.3. The first-order valence-electron chi connectivity index (χ1n) is 5.83. The van der Waals surface area contributed by atoms with Crippen LogP contribution in [0.25, 0.3) is 5.69 Å². The highest BCUT2D eigenvalue weighted by Crippen LogP contribution is 2.31. The van der Waals surface area contributed by atoms with Crippen LogP contribution in [0.5, 0.6) is 0 Å². The summed E-state index contributed by atoms with van der Waals surface area (Å²) in [5.41, 5.74) is 6.14. The first-order valence-corrected chi connectivity index (χ1v) is 5.83. The Bertz CT molecular complexity index is 680. The van der Waals surface area contributed by atoms with Gasteiger partial charge in [-0.2, -0.15) is 23.5 Å². The van der Waals surface area contributed by atoms with E-state index in [-0.39, 0.29) is 5.82 Å². The van der Waals surface area contributed by atoms with Gasteiger partial charge < -0.3 is 5.73 Å². The molecule has 7 heteroatoms. The van der Waals surface area contributed by atoms with Crippen molar-refractivity contribution in [1.82, 2.24) is 9.78 Å². The molecule has 0 bridgehead atoms. The van der Waals surface area contributed by atoms with E-state index in [0.29, 0.717) is 23.2 Å². The number of nitrogens with two attached hydrogens (primary N) is 1. The number of rotatable bonds is 2. The van der Waals surface area contributed by atoms with Gasteiger partial charge in [-0.1, -0.05) is 6.92 Å². The Kier molecular flexibility index (Phi) is 3.40. The maximum absolute atomic E-state index is 12.6. The minimum absolute atomic E-state index is 0.100. The molecule has 0 radical (unpaired) electrons. The lowest BCUT2D eigenvalue weighted by Crippen LogP contribution is -2.09. The topological polar surface area (TPSA) is 67.6 Å². The average Bonchev–Trinajstić information content (AvgIpc) is 2.80. The minimum atomic E-state index is -4.54. The van der Waals surface area contributed by atoms with Crippen molar-refractivity contribution < 1.29 is 13.2 Å². The number of aryl methyl sites for hydroxylation is 1. The first-order chi connectivity index (χ1) is 9.36. The number of aromatic nitrogens is 2. The van der Waals surface area contributed by atoms with E-state index in [4.69, 9.17) is 11.0 Å². The molecule has 0 aliphatic carbocycles. The number of nitrogens with zero attached hydrogens (tertiary/aromatic N) is 3. The maximum atomic E-state index is 12.6. The Morgan fingerprint density at radius 1 is 1.35 bits per heavy atom. The molecule has 1 aromatic carbocycles. The standard InChI is InChI=1S/C13H11F3N4/c1-2-9-5-8(7-17)3-4-10(9)20-12(18)6-11(19-20)13(14,15)16/h3-6H,2,18H2,1H3. The fourth-order valence-electron chi connectivity index (χ4n) is 1.87. The molecule has 1 aromatic heterocycles. The molecule has 0 amide bonds. The molecule has 2 aromatic rings. The Morgan fingerprint density at radius 3 is 2.55 bits per heavy atom. The van der Waals surface area contributed by atoms with E-state index in [1.807, 2.05) is 13.0 Å². The third-order valence-corrected chi connectivity index (χ3v) is 2.85. The summed E-state index contributed by atoms with van der Waals surface area (Å²) in [4.78, 5) is 0. The fourth-order valence-corrected chi connectivity index (χ4v) is 1.87. The van der Waals surface area contributed by atoms with Gasteiger partial charge >= 0.3 is 6.18 Å². The predicted octanol–water partition coefficient (Wildman–Crippen LogP) is 2.91. The van der Waals surface area contributed by atoms with Crippen LogP contribution >= 0.6 is 0 Å². The monoisotopic (exact) mass is 280 g/mol. The zero-order valence-corrected chi connectivity index (χ0v) is 10.6. The van der Waals surface area contributed by atoms with Crippen molar-refractivity contribution >= 4 is 5.82 Å². The van der Waals surface area contributed by atoms with Crippen molar-refractivity contribution in [1.29, 1.82) is 5.26 Å². The lowest BCUT2D eigenvalue weighted by Gasteiger charge is -2.10. The van der Waals surface area contributed by atoms with E-state index < -0.39 is 11.9 Å². The molecule has 20 heavy (non-hydrogen) atoms. The second kappa shape index (κ2) is 4.89. The molecule has 0 aliphatic rings. The van der Waals surface area contributed by atoms with Crippen LogP contribution in [0.15, 0.2) is 24.3 Å². The molecule has 0 unspecified atom stereocenters. The maximum Gasteiger partial charge on any atom is 0.435 e. The van der Waals surface area contributed by atoms with E-state index in [0.717, 1.165) is 10.7 Å². The van der Waals surface area contributed by atoms with Gasteiger partial charge in [0, 0.05) is 6.07 Å². The van der Waals surface area contributed by atoms with Gasteiger partial charge in [0.15, 0.2) is 5.69 Å². The number of nitriles is 1. The van der Waals surface area contributed by atoms with Gasteiger partial charge in [-0.25, -0.2) is 4.68 Å². The van der Waals surface area contributed by atoms with E-state index in [2.05, 4.69) is 5.10 Å². The van der Waals surface area contributed by atoms with E-state index >= 15 is 0 Å². The molecule has 1 heterocycles. The molecule has 4 nitrogen and oxygen atoms in total. The molecule has 0 fully saturated rings.